The molecule has 0 atom stereocenters. The molecule has 6 aromatic carbocycles. The quantitative estimate of drug-likeness (QED) is 0.122. The summed E-state index contributed by atoms with van der Waals surface area (Å²) in [6.07, 6.45) is 7.42. The van der Waals surface area contributed by atoms with E-state index in [1.54, 1.807) is 6.08 Å². The maximum atomic E-state index is 8.32. The Hall–Kier alpha value is -5.27. The van der Waals surface area contributed by atoms with Crippen molar-refractivity contribution in [2.24, 2.45) is 0 Å². The summed E-state index contributed by atoms with van der Waals surface area (Å²) in [7, 11) is 0. The Kier molecular flexibility index (Phi) is 7.02. The molecule has 0 unspecified atom stereocenters. The summed E-state index contributed by atoms with van der Waals surface area (Å²) < 4.78 is 0. The minimum Gasteiger partial charge on any atom is -0.300 e. The van der Waals surface area contributed by atoms with Gasteiger partial charge in [0.05, 0.1) is 5.71 Å². The van der Waals surface area contributed by atoms with Gasteiger partial charge in [0, 0.05) is 0 Å². The van der Waals surface area contributed by atoms with Crippen molar-refractivity contribution in [2.45, 2.75) is 6.92 Å². The first-order chi connectivity index (χ1) is 20.0. The molecule has 1 N–H and O–H groups in total. The first kappa shape index (κ1) is 26.0. The molecule has 0 aliphatic rings. The normalized spacial score (nSPS) is 11.6. The zero-order valence-corrected chi connectivity index (χ0v) is 23.2. The van der Waals surface area contributed by atoms with E-state index in [9.17, 15) is 0 Å². The molecule has 0 amide bonds. The van der Waals surface area contributed by atoms with E-state index in [0.717, 1.165) is 11.1 Å². The third-order valence-corrected chi connectivity index (χ3v) is 7.66. The molecule has 0 radical (unpaired) electrons. The second-order valence-electron chi connectivity index (χ2n) is 10.3. The van der Waals surface area contributed by atoms with Crippen LogP contribution < -0.4 is 0 Å². The second kappa shape index (κ2) is 11.1. The summed E-state index contributed by atoms with van der Waals surface area (Å²) in [6.45, 7) is 10.3. The summed E-state index contributed by atoms with van der Waals surface area (Å²) in [5.41, 5.74) is 7.76. The fraction of sp³-hybridized carbons (Fsp3) is 0.0250. The smallest absolute Gasteiger partial charge is 0.0606 e. The van der Waals surface area contributed by atoms with Crippen LogP contribution in [-0.4, -0.2) is 5.71 Å². The Balaban J connectivity index is 1.61. The molecule has 1 nitrogen and oxygen atoms in total. The summed E-state index contributed by atoms with van der Waals surface area (Å²) in [5, 5.41) is 15.6. The molecule has 196 valence electrons. The lowest BCUT2D eigenvalue weighted by molar-refractivity contribution is 1.51. The van der Waals surface area contributed by atoms with Gasteiger partial charge in [-0.25, -0.2) is 0 Å². The van der Waals surface area contributed by atoms with E-state index in [0.29, 0.717) is 11.3 Å². The van der Waals surface area contributed by atoms with Crippen LogP contribution in [0.4, 0.5) is 0 Å². The fourth-order valence-electron chi connectivity index (χ4n) is 5.63. The maximum Gasteiger partial charge on any atom is 0.0606 e. The van der Waals surface area contributed by atoms with Gasteiger partial charge in [0.15, 0.2) is 0 Å². The third-order valence-electron chi connectivity index (χ3n) is 7.66. The Morgan fingerprint density at radius 3 is 1.93 bits per heavy atom. The molecule has 0 bridgehead atoms. The zero-order chi connectivity index (χ0) is 28.3. The van der Waals surface area contributed by atoms with Crippen molar-refractivity contribution in [1.82, 2.24) is 0 Å². The van der Waals surface area contributed by atoms with E-state index >= 15 is 0 Å². The van der Waals surface area contributed by atoms with Crippen LogP contribution >= 0.6 is 0 Å². The molecular weight excluding hydrogens is 494 g/mol. The topological polar surface area (TPSA) is 23.9 Å². The number of allylic oxidation sites excluding steroid dienone is 6. The minimum atomic E-state index is 0.375. The lowest BCUT2D eigenvalue weighted by Crippen LogP contribution is -1.94. The predicted molar refractivity (Wildman–Crippen MR) is 180 cm³/mol. The predicted octanol–water partition coefficient (Wildman–Crippen LogP) is 11.2. The number of hydrogen-bond donors (Lipinski definition) is 1. The molecule has 6 rings (SSSR count). The largest absolute Gasteiger partial charge is 0.300 e. The van der Waals surface area contributed by atoms with Crippen LogP contribution in [-0.2, 0) is 0 Å². The van der Waals surface area contributed by atoms with E-state index in [1.807, 2.05) is 25.2 Å². The van der Waals surface area contributed by atoms with Gasteiger partial charge in [-0.15, -0.1) is 0 Å². The molecule has 0 aromatic heterocycles. The highest BCUT2D eigenvalue weighted by Gasteiger charge is 2.17. The lowest BCUT2D eigenvalue weighted by Gasteiger charge is -2.19. The monoisotopic (exact) mass is 525 g/mol. The van der Waals surface area contributed by atoms with Crippen molar-refractivity contribution < 1.29 is 0 Å². The van der Waals surface area contributed by atoms with E-state index in [4.69, 9.17) is 5.41 Å². The van der Waals surface area contributed by atoms with Crippen LogP contribution in [0.15, 0.2) is 158 Å². The lowest BCUT2D eigenvalue weighted by atomic mass is 9.84. The van der Waals surface area contributed by atoms with E-state index in [2.05, 4.69) is 128 Å². The van der Waals surface area contributed by atoms with Crippen LogP contribution in [0.1, 0.15) is 12.5 Å². The molecule has 41 heavy (non-hydrogen) atoms. The Morgan fingerprint density at radius 1 is 0.561 bits per heavy atom. The average Bonchev–Trinajstić information content (AvgIpc) is 3.02. The van der Waals surface area contributed by atoms with Gasteiger partial charge in [-0.3, -0.25) is 0 Å². The molecule has 0 heterocycles. The van der Waals surface area contributed by atoms with E-state index < -0.39 is 0 Å². The summed E-state index contributed by atoms with van der Waals surface area (Å²) in [5.74, 6) is 0. The molecule has 0 saturated heterocycles. The summed E-state index contributed by atoms with van der Waals surface area (Å²) in [4.78, 5) is 0. The summed E-state index contributed by atoms with van der Waals surface area (Å²) >= 11 is 0. The van der Waals surface area contributed by atoms with Crippen molar-refractivity contribution in [3.05, 3.63) is 164 Å². The Morgan fingerprint density at radius 2 is 1.20 bits per heavy atom. The van der Waals surface area contributed by atoms with Crippen LogP contribution in [0.5, 0.6) is 0 Å². The van der Waals surface area contributed by atoms with Gasteiger partial charge < -0.3 is 5.41 Å². The van der Waals surface area contributed by atoms with Gasteiger partial charge in [0.2, 0.25) is 0 Å². The van der Waals surface area contributed by atoms with Crippen molar-refractivity contribution in [3.63, 3.8) is 0 Å². The van der Waals surface area contributed by atoms with E-state index in [-0.39, 0.29) is 0 Å². The Labute approximate surface area is 241 Å². The van der Waals surface area contributed by atoms with E-state index in [1.165, 1.54) is 54.6 Å². The highest BCUT2D eigenvalue weighted by atomic mass is 14.4. The number of rotatable bonds is 7. The zero-order valence-electron chi connectivity index (χ0n) is 23.2. The van der Waals surface area contributed by atoms with Crippen LogP contribution in [0, 0.1) is 5.41 Å². The molecule has 0 spiro atoms. The minimum absolute atomic E-state index is 0.375. The van der Waals surface area contributed by atoms with Crippen molar-refractivity contribution in [2.75, 3.05) is 0 Å². The van der Waals surface area contributed by atoms with Gasteiger partial charge in [-0.05, 0) is 96.4 Å². The molecule has 0 aliphatic heterocycles. The number of benzene rings is 6. The SMILES string of the molecule is C=C(/C=C\C)C(=N)/C=C\C(=C)c1ccc2c(-c3ccc4ccccc4c3)c3ccccc3c(-c3ccccc3)c2c1. The number of hydrogen-bond acceptors (Lipinski definition) is 1. The first-order valence-corrected chi connectivity index (χ1v) is 13.9. The van der Waals surface area contributed by atoms with Gasteiger partial charge in [0.25, 0.3) is 0 Å². The molecular formula is C40H31N. The highest BCUT2D eigenvalue weighted by molar-refractivity contribution is 6.22. The third kappa shape index (κ3) is 4.95. The van der Waals surface area contributed by atoms with Crippen molar-refractivity contribution in [3.8, 4) is 22.3 Å². The van der Waals surface area contributed by atoms with Crippen LogP contribution in [0.25, 0.3) is 60.1 Å². The van der Waals surface area contributed by atoms with Crippen LogP contribution in [0.2, 0.25) is 0 Å². The summed E-state index contributed by atoms with van der Waals surface area (Å²) in [6, 6.07) is 41.3. The first-order valence-electron chi connectivity index (χ1n) is 13.9. The number of nitrogens with one attached hydrogen (secondary N) is 1. The highest BCUT2D eigenvalue weighted by Crippen LogP contribution is 2.44. The number of fused-ring (bicyclic) bond motifs is 3. The van der Waals surface area contributed by atoms with Crippen LogP contribution in [0.3, 0.4) is 0 Å². The average molecular weight is 526 g/mol. The fourth-order valence-corrected chi connectivity index (χ4v) is 5.63. The molecule has 0 saturated carbocycles. The second-order valence-corrected chi connectivity index (χ2v) is 10.3. The standard InChI is InChI=1S/C40H31N/c1-4-12-28(3)38(41)24-19-27(2)31-22-23-36-37(26-31)39(30-14-6-5-7-15-30)34-17-10-11-18-35(34)40(36)33-21-20-29-13-8-9-16-32(29)25-33/h4-26,41H,2-3H2,1H3/b12-4-,24-19-,41-38?. The molecule has 6 aromatic rings. The van der Waals surface area contributed by atoms with Gasteiger partial charge in [-0.1, -0.05) is 135 Å². The Bertz CT molecular complexity index is 2040. The molecule has 1 heteroatoms. The maximum absolute atomic E-state index is 8.32. The van der Waals surface area contributed by atoms with Gasteiger partial charge >= 0.3 is 0 Å². The molecule has 0 fully saturated rings. The molecule has 0 aliphatic carbocycles. The van der Waals surface area contributed by atoms with Gasteiger partial charge in [-0.2, -0.15) is 0 Å². The van der Waals surface area contributed by atoms with Crippen molar-refractivity contribution >= 4 is 43.6 Å². The van der Waals surface area contributed by atoms with Gasteiger partial charge in [0.1, 0.15) is 0 Å². The van der Waals surface area contributed by atoms with Crippen molar-refractivity contribution in [1.29, 1.82) is 5.41 Å².